The molecule has 2 aromatic carbocycles. The molecule has 176 valence electrons. The number of nitrogens with zero attached hydrogens (tertiary/aromatic N) is 2. The van der Waals surface area contributed by atoms with Crippen LogP contribution in [0.1, 0.15) is 41.5 Å². The first-order chi connectivity index (χ1) is 16.3. The molecule has 0 atom stereocenters. The van der Waals surface area contributed by atoms with Gasteiger partial charge in [0.05, 0.1) is 4.90 Å². The number of hydrogen-bond acceptors (Lipinski definition) is 5. The number of rotatable bonds is 6. The molecule has 0 saturated carbocycles. The van der Waals surface area contributed by atoms with E-state index in [1.54, 1.807) is 38.1 Å². The van der Waals surface area contributed by atoms with Crippen LogP contribution in [-0.4, -0.2) is 36.9 Å². The third-order valence-corrected chi connectivity index (χ3v) is 7.77. The Morgan fingerprint density at radius 1 is 1.12 bits per heavy atom. The van der Waals surface area contributed by atoms with Gasteiger partial charge in [-0.3, -0.25) is 4.79 Å². The Kier molecular flexibility index (Phi) is 6.81. The molecule has 2 heterocycles. The molecule has 8 heteroatoms. The van der Waals surface area contributed by atoms with Gasteiger partial charge < -0.3 is 9.84 Å². The molecule has 1 aliphatic heterocycles. The van der Waals surface area contributed by atoms with Gasteiger partial charge in [-0.1, -0.05) is 59.8 Å². The Labute approximate surface area is 199 Å². The summed E-state index contributed by atoms with van der Waals surface area (Å²) < 4.78 is 33.7. The fourth-order valence-electron chi connectivity index (χ4n) is 3.92. The molecular formula is C26H27N3O4S. The summed E-state index contributed by atoms with van der Waals surface area (Å²) in [5, 5.41) is 6.60. The summed E-state index contributed by atoms with van der Waals surface area (Å²) in [4.78, 5) is 11.7. The lowest BCUT2D eigenvalue weighted by Gasteiger charge is -2.26. The highest BCUT2D eigenvalue weighted by Crippen LogP contribution is 2.28. The van der Waals surface area contributed by atoms with Gasteiger partial charge in [0.1, 0.15) is 11.4 Å². The fourth-order valence-corrected chi connectivity index (χ4v) is 5.56. The van der Waals surface area contributed by atoms with Crippen LogP contribution in [-0.2, 0) is 14.8 Å². The largest absolute Gasteiger partial charge is 0.354 e. The van der Waals surface area contributed by atoms with Crippen molar-refractivity contribution in [2.24, 2.45) is 0 Å². The zero-order valence-corrected chi connectivity index (χ0v) is 20.2. The SMILES string of the molecule is CC(=O)Nc1c(C)noc1/C=C\c1ccc(C)c(S(=O)(=O)N2CC=C(c3ccccc3)CC2)c1. The Balaban J connectivity index is 1.57. The average Bonchev–Trinajstić information content (AvgIpc) is 3.17. The van der Waals surface area contributed by atoms with Gasteiger partial charge in [-0.15, -0.1) is 0 Å². The first kappa shape index (κ1) is 23.7. The second-order valence-corrected chi connectivity index (χ2v) is 10.2. The van der Waals surface area contributed by atoms with E-state index in [4.69, 9.17) is 4.52 Å². The number of aromatic nitrogens is 1. The Bertz CT molecular complexity index is 1370. The smallest absolute Gasteiger partial charge is 0.243 e. The minimum atomic E-state index is -3.66. The topological polar surface area (TPSA) is 92.5 Å². The van der Waals surface area contributed by atoms with Crippen molar-refractivity contribution < 1.29 is 17.7 Å². The molecule has 0 radical (unpaired) electrons. The number of carbonyl (C=O) groups excluding carboxylic acids is 1. The van der Waals surface area contributed by atoms with E-state index >= 15 is 0 Å². The van der Waals surface area contributed by atoms with Crippen LogP contribution >= 0.6 is 0 Å². The summed E-state index contributed by atoms with van der Waals surface area (Å²) in [6, 6.07) is 15.3. The maximum atomic E-state index is 13.5. The van der Waals surface area contributed by atoms with Crippen LogP contribution in [0.5, 0.6) is 0 Å². The molecule has 1 N–H and O–H groups in total. The molecular weight excluding hydrogens is 450 g/mol. The van der Waals surface area contributed by atoms with Crippen molar-refractivity contribution in [1.82, 2.24) is 9.46 Å². The first-order valence-corrected chi connectivity index (χ1v) is 12.5. The molecule has 0 aliphatic carbocycles. The lowest BCUT2D eigenvalue weighted by molar-refractivity contribution is -0.114. The fraction of sp³-hybridized carbons (Fsp3) is 0.231. The number of carbonyl (C=O) groups is 1. The van der Waals surface area contributed by atoms with E-state index in [1.807, 2.05) is 42.5 Å². The number of anilines is 1. The second kappa shape index (κ2) is 9.79. The van der Waals surface area contributed by atoms with Gasteiger partial charge in [0, 0.05) is 20.0 Å². The van der Waals surface area contributed by atoms with Gasteiger partial charge in [-0.05, 0) is 54.7 Å². The first-order valence-electron chi connectivity index (χ1n) is 11.0. The van der Waals surface area contributed by atoms with E-state index in [0.717, 1.165) is 11.1 Å². The lowest BCUT2D eigenvalue weighted by Crippen LogP contribution is -2.35. The molecule has 1 amide bonds. The number of aryl methyl sites for hydroxylation is 2. The molecule has 0 unspecified atom stereocenters. The van der Waals surface area contributed by atoms with Gasteiger partial charge in [-0.25, -0.2) is 8.42 Å². The van der Waals surface area contributed by atoms with Gasteiger partial charge >= 0.3 is 0 Å². The molecule has 0 saturated heterocycles. The minimum Gasteiger partial charge on any atom is -0.354 e. The van der Waals surface area contributed by atoms with Crippen molar-refractivity contribution in [1.29, 1.82) is 0 Å². The monoisotopic (exact) mass is 477 g/mol. The van der Waals surface area contributed by atoms with Crippen molar-refractivity contribution in [3.63, 3.8) is 0 Å². The number of amides is 1. The maximum absolute atomic E-state index is 13.5. The highest BCUT2D eigenvalue weighted by atomic mass is 32.2. The second-order valence-electron chi connectivity index (χ2n) is 8.26. The molecule has 0 spiro atoms. The van der Waals surface area contributed by atoms with Crippen LogP contribution in [0.2, 0.25) is 0 Å². The van der Waals surface area contributed by atoms with Gasteiger partial charge in [-0.2, -0.15) is 4.31 Å². The van der Waals surface area contributed by atoms with Crippen molar-refractivity contribution in [2.75, 3.05) is 18.4 Å². The predicted molar refractivity (Wildman–Crippen MR) is 133 cm³/mol. The van der Waals surface area contributed by atoms with Crippen LogP contribution in [0, 0.1) is 13.8 Å². The number of nitrogens with one attached hydrogen (secondary N) is 1. The molecule has 3 aromatic rings. The van der Waals surface area contributed by atoms with Crippen molar-refractivity contribution in [3.8, 4) is 0 Å². The molecule has 7 nitrogen and oxygen atoms in total. The van der Waals surface area contributed by atoms with Crippen LogP contribution in [0.25, 0.3) is 17.7 Å². The van der Waals surface area contributed by atoms with E-state index in [0.29, 0.717) is 47.8 Å². The third-order valence-electron chi connectivity index (χ3n) is 5.76. The summed E-state index contributed by atoms with van der Waals surface area (Å²) >= 11 is 0. The predicted octanol–water partition coefficient (Wildman–Crippen LogP) is 4.90. The number of sulfonamides is 1. The van der Waals surface area contributed by atoms with Crippen molar-refractivity contribution >= 4 is 39.3 Å². The Morgan fingerprint density at radius 3 is 2.56 bits per heavy atom. The minimum absolute atomic E-state index is 0.226. The van der Waals surface area contributed by atoms with E-state index in [-0.39, 0.29) is 10.8 Å². The van der Waals surface area contributed by atoms with Crippen LogP contribution < -0.4 is 5.32 Å². The lowest BCUT2D eigenvalue weighted by atomic mass is 10.0. The molecule has 4 rings (SSSR count). The third kappa shape index (κ3) is 5.03. The van der Waals surface area contributed by atoms with E-state index in [1.165, 1.54) is 11.2 Å². The molecule has 0 fully saturated rings. The summed E-state index contributed by atoms with van der Waals surface area (Å²) in [7, 11) is -3.66. The summed E-state index contributed by atoms with van der Waals surface area (Å²) in [5.41, 5.74) is 4.74. The van der Waals surface area contributed by atoms with Crippen LogP contribution in [0.4, 0.5) is 5.69 Å². The van der Waals surface area contributed by atoms with Gasteiger partial charge in [0.15, 0.2) is 5.76 Å². The van der Waals surface area contributed by atoms with Crippen molar-refractivity contribution in [2.45, 2.75) is 32.1 Å². The summed E-state index contributed by atoms with van der Waals surface area (Å²) in [6.45, 7) is 5.71. The van der Waals surface area contributed by atoms with Gasteiger partial charge in [0.2, 0.25) is 15.9 Å². The number of benzene rings is 2. The molecule has 34 heavy (non-hydrogen) atoms. The average molecular weight is 478 g/mol. The molecule has 1 aliphatic rings. The summed E-state index contributed by atoms with van der Waals surface area (Å²) in [5.74, 6) is 0.169. The standard InChI is InChI=1S/C26H27N3O4S/c1-18-9-10-21(11-12-24-26(27-20(3)30)19(2)28-33-24)17-25(18)34(31,32)29-15-13-23(14-16-29)22-7-5-4-6-8-22/h4-13,17H,14-16H2,1-3H3,(H,27,30)/b12-11-. The van der Waals surface area contributed by atoms with E-state index < -0.39 is 10.0 Å². The quantitative estimate of drug-likeness (QED) is 0.545. The zero-order chi connectivity index (χ0) is 24.3. The maximum Gasteiger partial charge on any atom is 0.243 e. The molecule has 1 aromatic heterocycles. The normalized spacial score (nSPS) is 14.9. The summed E-state index contributed by atoms with van der Waals surface area (Å²) in [6.07, 6.45) is 6.07. The Hall–Kier alpha value is -3.49. The molecule has 0 bridgehead atoms. The van der Waals surface area contributed by atoms with E-state index in [2.05, 4.69) is 10.5 Å². The highest BCUT2D eigenvalue weighted by molar-refractivity contribution is 7.89. The number of hydrogen-bond donors (Lipinski definition) is 1. The van der Waals surface area contributed by atoms with Crippen LogP contribution in [0.15, 0.2) is 64.0 Å². The van der Waals surface area contributed by atoms with Gasteiger partial charge in [0.25, 0.3) is 0 Å². The van der Waals surface area contributed by atoms with Crippen molar-refractivity contribution in [3.05, 3.63) is 82.8 Å². The zero-order valence-electron chi connectivity index (χ0n) is 19.4. The Morgan fingerprint density at radius 2 is 1.88 bits per heavy atom. The highest BCUT2D eigenvalue weighted by Gasteiger charge is 2.28. The van der Waals surface area contributed by atoms with Crippen LogP contribution in [0.3, 0.4) is 0 Å². The van der Waals surface area contributed by atoms with E-state index in [9.17, 15) is 13.2 Å².